The number of rotatable bonds is 6. The van der Waals surface area contributed by atoms with E-state index < -0.39 is 10.7 Å². The molecule has 0 unspecified atom stereocenters. The van der Waals surface area contributed by atoms with Crippen molar-refractivity contribution < 1.29 is 18.5 Å². The van der Waals surface area contributed by atoms with Crippen LogP contribution in [0.2, 0.25) is 0 Å². The van der Waals surface area contributed by atoms with Gasteiger partial charge < -0.3 is 4.42 Å². The number of allylic oxidation sites excluding steroid dienone is 1. The van der Waals surface area contributed by atoms with Gasteiger partial charge >= 0.3 is 5.69 Å². The molecule has 0 N–H and O–H groups in total. The smallest absolute Gasteiger partial charge is 0.307 e. The summed E-state index contributed by atoms with van der Waals surface area (Å²) in [6.45, 7) is 0.230. The van der Waals surface area contributed by atoms with Gasteiger partial charge in [0.15, 0.2) is 5.78 Å². The Morgan fingerprint density at radius 2 is 2.04 bits per heavy atom. The summed E-state index contributed by atoms with van der Waals surface area (Å²) in [4.78, 5) is 22.1. The molecule has 0 saturated carbocycles. The van der Waals surface area contributed by atoms with Crippen molar-refractivity contribution in [3.63, 3.8) is 0 Å². The second-order valence-corrected chi connectivity index (χ2v) is 5.16. The van der Waals surface area contributed by atoms with E-state index >= 15 is 0 Å². The van der Waals surface area contributed by atoms with Crippen molar-refractivity contribution in [1.82, 2.24) is 9.78 Å². The van der Waals surface area contributed by atoms with Gasteiger partial charge in [0.05, 0.1) is 11.5 Å². The van der Waals surface area contributed by atoms with Gasteiger partial charge in [-0.05, 0) is 48.6 Å². The molecule has 0 bridgehead atoms. The van der Waals surface area contributed by atoms with Crippen LogP contribution in [0.4, 0.5) is 10.1 Å². The number of ketones is 1. The van der Waals surface area contributed by atoms with Gasteiger partial charge in [-0.3, -0.25) is 19.6 Å². The van der Waals surface area contributed by atoms with Crippen molar-refractivity contribution in [2.75, 3.05) is 0 Å². The zero-order chi connectivity index (χ0) is 17.8. The molecule has 0 aliphatic heterocycles. The molecule has 3 aromatic rings. The molecule has 8 heteroatoms. The zero-order valence-electron chi connectivity index (χ0n) is 12.8. The van der Waals surface area contributed by atoms with Crippen molar-refractivity contribution >= 4 is 17.5 Å². The third-order valence-corrected chi connectivity index (χ3v) is 3.36. The Hall–Kier alpha value is -3.55. The number of furan rings is 1. The van der Waals surface area contributed by atoms with E-state index in [0.29, 0.717) is 17.1 Å². The van der Waals surface area contributed by atoms with Crippen LogP contribution in [0.15, 0.2) is 59.3 Å². The van der Waals surface area contributed by atoms with Gasteiger partial charge in [-0.15, -0.1) is 0 Å². The molecule has 126 valence electrons. The number of nitrogens with zero attached hydrogens (tertiary/aromatic N) is 3. The molecule has 0 amide bonds. The summed E-state index contributed by atoms with van der Waals surface area (Å²) in [5.74, 6) is 0.301. The fourth-order valence-corrected chi connectivity index (χ4v) is 2.13. The molecule has 0 atom stereocenters. The first-order chi connectivity index (χ1) is 12.0. The summed E-state index contributed by atoms with van der Waals surface area (Å²) < 4.78 is 19.8. The Balaban J connectivity index is 1.65. The fourth-order valence-electron chi connectivity index (χ4n) is 2.13. The number of halogens is 1. The summed E-state index contributed by atoms with van der Waals surface area (Å²) in [6.07, 6.45) is 5.29. The highest BCUT2D eigenvalue weighted by molar-refractivity contribution is 6.06. The van der Waals surface area contributed by atoms with Crippen molar-refractivity contribution in [3.05, 3.63) is 87.9 Å². The predicted molar refractivity (Wildman–Crippen MR) is 86.5 cm³/mol. The first-order valence-corrected chi connectivity index (χ1v) is 7.25. The van der Waals surface area contributed by atoms with E-state index in [-0.39, 0.29) is 18.0 Å². The standard InChI is InChI=1S/C17H12FN3O4/c18-13-3-1-12(2-4-13)17(22)8-7-15-5-6-16(25-15)11-20-10-14(9-19-20)21(23)24/h1-10H,11H2/b8-7+. The lowest BCUT2D eigenvalue weighted by Crippen LogP contribution is -1.98. The number of aromatic nitrogens is 2. The van der Waals surface area contributed by atoms with Crippen molar-refractivity contribution in [1.29, 1.82) is 0 Å². The van der Waals surface area contributed by atoms with Gasteiger partial charge in [0.2, 0.25) is 0 Å². The summed E-state index contributed by atoms with van der Waals surface area (Å²) in [7, 11) is 0. The number of carbonyl (C=O) groups excluding carboxylic acids is 1. The summed E-state index contributed by atoms with van der Waals surface area (Å²) in [5.41, 5.74) is 0.268. The lowest BCUT2D eigenvalue weighted by molar-refractivity contribution is -0.385. The highest BCUT2D eigenvalue weighted by Gasteiger charge is 2.10. The van der Waals surface area contributed by atoms with E-state index in [2.05, 4.69) is 5.10 Å². The average molecular weight is 341 g/mol. The maximum absolute atomic E-state index is 12.8. The van der Waals surface area contributed by atoms with Gasteiger partial charge in [-0.2, -0.15) is 5.10 Å². The van der Waals surface area contributed by atoms with Crippen LogP contribution in [0.1, 0.15) is 21.9 Å². The molecule has 3 rings (SSSR count). The zero-order valence-corrected chi connectivity index (χ0v) is 12.8. The van der Waals surface area contributed by atoms with Crippen LogP contribution in [0.3, 0.4) is 0 Å². The quantitative estimate of drug-likeness (QED) is 0.296. The Morgan fingerprint density at radius 1 is 1.28 bits per heavy atom. The molecule has 0 radical (unpaired) electrons. The molecule has 2 heterocycles. The Kier molecular flexibility index (Phi) is 4.51. The van der Waals surface area contributed by atoms with E-state index in [1.54, 1.807) is 12.1 Å². The molecule has 1 aromatic carbocycles. The third kappa shape index (κ3) is 4.05. The maximum atomic E-state index is 12.8. The minimum Gasteiger partial charge on any atom is -0.460 e. The third-order valence-electron chi connectivity index (χ3n) is 3.36. The predicted octanol–water partition coefficient (Wildman–Crippen LogP) is 3.47. The highest BCUT2D eigenvalue weighted by Crippen LogP contribution is 2.14. The fraction of sp³-hybridized carbons (Fsp3) is 0.0588. The van der Waals surface area contributed by atoms with Gasteiger partial charge in [0.1, 0.15) is 29.7 Å². The van der Waals surface area contributed by atoms with E-state index in [1.807, 2.05) is 0 Å². The molecule has 0 aliphatic carbocycles. The second kappa shape index (κ2) is 6.91. The van der Waals surface area contributed by atoms with E-state index in [4.69, 9.17) is 4.42 Å². The Labute approximate surface area is 141 Å². The lowest BCUT2D eigenvalue weighted by Gasteiger charge is -1.96. The number of benzene rings is 1. The number of hydrogen-bond donors (Lipinski definition) is 0. The maximum Gasteiger partial charge on any atom is 0.307 e. The molecular formula is C17H12FN3O4. The van der Waals surface area contributed by atoms with E-state index in [9.17, 15) is 19.3 Å². The van der Waals surface area contributed by atoms with E-state index in [1.165, 1.54) is 47.3 Å². The lowest BCUT2D eigenvalue weighted by atomic mass is 10.1. The molecule has 2 aromatic heterocycles. The average Bonchev–Trinajstić information content (AvgIpc) is 3.23. The second-order valence-electron chi connectivity index (χ2n) is 5.16. The molecule has 0 spiro atoms. The van der Waals surface area contributed by atoms with E-state index in [0.717, 1.165) is 6.20 Å². The molecule has 0 saturated heterocycles. The van der Waals surface area contributed by atoms with Gasteiger partial charge in [0, 0.05) is 5.56 Å². The Bertz CT molecular complexity index is 941. The van der Waals surface area contributed by atoms with Crippen LogP contribution in [-0.2, 0) is 6.54 Å². The van der Waals surface area contributed by atoms with Crippen molar-refractivity contribution in [3.8, 4) is 0 Å². The molecule has 0 aliphatic rings. The van der Waals surface area contributed by atoms with Crippen LogP contribution in [0.5, 0.6) is 0 Å². The van der Waals surface area contributed by atoms with Crippen LogP contribution in [-0.4, -0.2) is 20.5 Å². The minimum absolute atomic E-state index is 0.100. The van der Waals surface area contributed by atoms with Crippen LogP contribution < -0.4 is 0 Å². The number of carbonyl (C=O) groups is 1. The van der Waals surface area contributed by atoms with Gasteiger partial charge in [-0.1, -0.05) is 0 Å². The number of nitro groups is 1. The van der Waals surface area contributed by atoms with Crippen molar-refractivity contribution in [2.45, 2.75) is 6.54 Å². The SMILES string of the molecule is O=C(/C=C/c1ccc(Cn2cc([N+](=O)[O-])cn2)o1)c1ccc(F)cc1. The molecule has 0 fully saturated rings. The van der Waals surface area contributed by atoms with Crippen LogP contribution in [0, 0.1) is 15.9 Å². The first-order valence-electron chi connectivity index (χ1n) is 7.25. The largest absolute Gasteiger partial charge is 0.460 e. The highest BCUT2D eigenvalue weighted by atomic mass is 19.1. The topological polar surface area (TPSA) is 91.2 Å². The normalized spacial score (nSPS) is 11.1. The van der Waals surface area contributed by atoms with Gasteiger partial charge in [0.25, 0.3) is 0 Å². The Morgan fingerprint density at radius 3 is 2.72 bits per heavy atom. The summed E-state index contributed by atoms with van der Waals surface area (Å²) >= 11 is 0. The van der Waals surface area contributed by atoms with Crippen LogP contribution in [0.25, 0.3) is 6.08 Å². The summed E-state index contributed by atoms with van der Waals surface area (Å²) in [6, 6.07) is 8.60. The first kappa shape index (κ1) is 16.3. The van der Waals surface area contributed by atoms with Crippen molar-refractivity contribution in [2.24, 2.45) is 0 Å². The number of hydrogen-bond acceptors (Lipinski definition) is 5. The van der Waals surface area contributed by atoms with Gasteiger partial charge in [-0.25, -0.2) is 4.39 Å². The minimum atomic E-state index is -0.527. The summed E-state index contributed by atoms with van der Waals surface area (Å²) in [5, 5.41) is 14.5. The molecule has 7 nitrogen and oxygen atoms in total. The molecular weight excluding hydrogens is 329 g/mol. The van der Waals surface area contributed by atoms with Crippen LogP contribution >= 0.6 is 0 Å². The molecule has 25 heavy (non-hydrogen) atoms. The monoisotopic (exact) mass is 341 g/mol.